The predicted molar refractivity (Wildman–Crippen MR) is 57.9 cm³/mol. The predicted octanol–water partition coefficient (Wildman–Crippen LogP) is 4.00. The van der Waals surface area contributed by atoms with Crippen LogP contribution in [0.15, 0.2) is 0 Å². The molecule has 0 aliphatic heterocycles. The summed E-state index contributed by atoms with van der Waals surface area (Å²) in [5.74, 6) is 1.10. The number of hydrogen-bond donors (Lipinski definition) is 0. The van der Waals surface area contributed by atoms with E-state index in [9.17, 15) is 0 Å². The van der Waals surface area contributed by atoms with Crippen LogP contribution in [0, 0.1) is 27.6 Å². The van der Waals surface area contributed by atoms with Crippen LogP contribution in [-0.2, 0) is 0 Å². The van der Waals surface area contributed by atoms with Crippen molar-refractivity contribution in [2.24, 2.45) is 27.6 Å². The zero-order chi connectivity index (χ0) is 9.82. The normalized spacial score (nSPS) is 73.5. The first-order chi connectivity index (χ1) is 6.41. The Kier molecular flexibility index (Phi) is 1.01. The summed E-state index contributed by atoms with van der Waals surface area (Å²) in [5.41, 5.74) is 3.06. The molecule has 0 aromatic heterocycles. The highest BCUT2D eigenvalue weighted by Gasteiger charge is 2.79. The second kappa shape index (κ2) is 1.72. The van der Waals surface area contributed by atoms with Crippen molar-refractivity contribution in [2.45, 2.75) is 59.3 Å². The molecule has 0 saturated heterocycles. The van der Waals surface area contributed by atoms with Gasteiger partial charge < -0.3 is 0 Å². The number of fused-ring (bicyclic) bond motifs is 2. The molecule has 0 heteroatoms. The van der Waals surface area contributed by atoms with E-state index < -0.39 is 0 Å². The molecule has 3 bridgehead atoms. The molecular weight excluding hydrogens is 168 g/mol. The second-order valence-electron chi connectivity index (χ2n) is 8.02. The van der Waals surface area contributed by atoms with Gasteiger partial charge >= 0.3 is 0 Å². The van der Waals surface area contributed by atoms with E-state index in [0.717, 1.165) is 27.6 Å². The van der Waals surface area contributed by atoms with Gasteiger partial charge in [0.15, 0.2) is 0 Å². The van der Waals surface area contributed by atoms with Crippen LogP contribution >= 0.6 is 0 Å². The van der Waals surface area contributed by atoms with Crippen molar-refractivity contribution < 1.29 is 0 Å². The highest BCUT2D eigenvalue weighted by molar-refractivity contribution is 5.28. The fourth-order valence-corrected chi connectivity index (χ4v) is 7.23. The highest BCUT2D eigenvalue weighted by Crippen LogP contribution is 2.88. The van der Waals surface area contributed by atoms with E-state index >= 15 is 0 Å². The molecule has 0 amide bonds. The highest BCUT2D eigenvalue weighted by atomic mass is 14.8. The van der Waals surface area contributed by atoms with Gasteiger partial charge in [-0.25, -0.2) is 0 Å². The van der Waals surface area contributed by atoms with Crippen LogP contribution in [0.25, 0.3) is 0 Å². The van der Waals surface area contributed by atoms with Crippen molar-refractivity contribution in [1.82, 2.24) is 0 Å². The Morgan fingerprint density at radius 2 is 1.57 bits per heavy atom. The van der Waals surface area contributed by atoms with Gasteiger partial charge in [-0.3, -0.25) is 0 Å². The van der Waals surface area contributed by atoms with E-state index in [-0.39, 0.29) is 0 Å². The molecular formula is C14H22. The lowest BCUT2D eigenvalue weighted by molar-refractivity contribution is -0.157. The van der Waals surface area contributed by atoms with Crippen molar-refractivity contribution in [3.05, 3.63) is 0 Å². The van der Waals surface area contributed by atoms with Gasteiger partial charge in [0, 0.05) is 0 Å². The van der Waals surface area contributed by atoms with Crippen LogP contribution in [0.5, 0.6) is 0 Å². The van der Waals surface area contributed by atoms with Crippen LogP contribution in [-0.4, -0.2) is 0 Å². The van der Waals surface area contributed by atoms with Gasteiger partial charge in [-0.1, -0.05) is 20.8 Å². The third-order valence-corrected chi connectivity index (χ3v) is 6.79. The van der Waals surface area contributed by atoms with Crippen LogP contribution in [0.2, 0.25) is 0 Å². The van der Waals surface area contributed by atoms with Gasteiger partial charge in [0.25, 0.3) is 0 Å². The van der Waals surface area contributed by atoms with E-state index in [1.54, 1.807) is 38.5 Å². The van der Waals surface area contributed by atoms with Crippen LogP contribution in [0.1, 0.15) is 59.3 Å². The molecule has 4 aliphatic carbocycles. The largest absolute Gasteiger partial charge is 0.0596 e. The molecule has 0 aromatic rings. The Morgan fingerprint density at radius 3 is 2.36 bits per heavy atom. The van der Waals surface area contributed by atoms with Gasteiger partial charge in [0.05, 0.1) is 0 Å². The van der Waals surface area contributed by atoms with Gasteiger partial charge in [-0.05, 0) is 66.1 Å². The average molecular weight is 190 g/mol. The Morgan fingerprint density at radius 1 is 0.786 bits per heavy atom. The molecule has 0 aromatic carbocycles. The molecule has 4 saturated carbocycles. The summed E-state index contributed by atoms with van der Waals surface area (Å²) in [4.78, 5) is 0. The Balaban J connectivity index is 1.94. The van der Waals surface area contributed by atoms with E-state index in [1.165, 1.54) is 0 Å². The quantitative estimate of drug-likeness (QED) is 0.541. The minimum Gasteiger partial charge on any atom is -0.0596 e. The molecule has 14 heavy (non-hydrogen) atoms. The molecule has 0 heterocycles. The molecule has 4 fully saturated rings. The number of hydrogen-bond acceptors (Lipinski definition) is 0. The molecule has 0 nitrogen and oxygen atoms in total. The molecule has 0 radical (unpaired) electrons. The maximum Gasteiger partial charge on any atom is -0.0181 e. The summed E-state index contributed by atoms with van der Waals surface area (Å²) in [6, 6.07) is 0. The summed E-state index contributed by atoms with van der Waals surface area (Å²) in [7, 11) is 0. The second-order valence-corrected chi connectivity index (χ2v) is 8.02. The van der Waals surface area contributed by atoms with Crippen LogP contribution in [0.3, 0.4) is 0 Å². The molecule has 5 atom stereocenters. The lowest BCUT2D eigenvalue weighted by Gasteiger charge is -2.64. The molecule has 0 N–H and O–H groups in total. The van der Waals surface area contributed by atoms with Crippen molar-refractivity contribution in [1.29, 1.82) is 0 Å². The summed E-state index contributed by atoms with van der Waals surface area (Å²) in [5, 5.41) is 0. The van der Waals surface area contributed by atoms with Crippen LogP contribution < -0.4 is 0 Å². The SMILES string of the molecule is CC12CC3CC14C[C@](C)(C3)CC4(C)C2. The summed E-state index contributed by atoms with van der Waals surface area (Å²) >= 11 is 0. The third kappa shape index (κ3) is 0.558. The average Bonchev–Trinajstić information content (AvgIpc) is 2.22. The Labute approximate surface area is 87.5 Å². The fourth-order valence-electron chi connectivity index (χ4n) is 7.23. The topological polar surface area (TPSA) is 0 Å². The summed E-state index contributed by atoms with van der Waals surface area (Å²) in [6.07, 6.45) is 9.38. The minimum atomic E-state index is 0.742. The number of rotatable bonds is 0. The first-order valence-electron chi connectivity index (χ1n) is 6.41. The standard InChI is InChI=1S/C14H22/c1-11-4-10-5-12(2)9-13(3,7-11)14(12,6-10)8-11/h10H,4-9H2,1-3H3/t10?,11-,12?,13?,14?/m1/s1. The summed E-state index contributed by atoms with van der Waals surface area (Å²) < 4.78 is 0. The smallest absolute Gasteiger partial charge is 0.0181 e. The zero-order valence-electron chi connectivity index (χ0n) is 9.82. The molecule has 78 valence electrons. The van der Waals surface area contributed by atoms with Gasteiger partial charge in [0.1, 0.15) is 0 Å². The van der Waals surface area contributed by atoms with E-state index in [2.05, 4.69) is 20.8 Å². The molecule has 4 rings (SSSR count). The molecule has 4 unspecified atom stereocenters. The first kappa shape index (κ1) is 8.19. The lowest BCUT2D eigenvalue weighted by Crippen LogP contribution is -2.57. The van der Waals surface area contributed by atoms with Crippen molar-refractivity contribution >= 4 is 0 Å². The Hall–Kier alpha value is 0. The van der Waals surface area contributed by atoms with E-state index in [1.807, 2.05) is 0 Å². The van der Waals surface area contributed by atoms with E-state index in [0.29, 0.717) is 0 Å². The monoisotopic (exact) mass is 190 g/mol. The van der Waals surface area contributed by atoms with Crippen molar-refractivity contribution in [3.63, 3.8) is 0 Å². The zero-order valence-corrected chi connectivity index (χ0v) is 9.82. The first-order valence-corrected chi connectivity index (χ1v) is 6.41. The van der Waals surface area contributed by atoms with Crippen molar-refractivity contribution in [2.75, 3.05) is 0 Å². The molecule has 4 aliphatic rings. The van der Waals surface area contributed by atoms with Gasteiger partial charge in [0.2, 0.25) is 0 Å². The minimum absolute atomic E-state index is 0.742. The maximum atomic E-state index is 2.60. The molecule has 1 spiro atoms. The Bertz CT molecular complexity index is 331. The van der Waals surface area contributed by atoms with Gasteiger partial charge in [-0.15, -0.1) is 0 Å². The third-order valence-electron chi connectivity index (χ3n) is 6.79. The maximum absolute atomic E-state index is 2.60. The fraction of sp³-hybridized carbons (Fsp3) is 1.00. The van der Waals surface area contributed by atoms with Crippen LogP contribution in [0.4, 0.5) is 0 Å². The van der Waals surface area contributed by atoms with Gasteiger partial charge in [-0.2, -0.15) is 0 Å². The summed E-state index contributed by atoms with van der Waals surface area (Å²) in [6.45, 7) is 7.79. The van der Waals surface area contributed by atoms with E-state index in [4.69, 9.17) is 0 Å². The van der Waals surface area contributed by atoms with Crippen molar-refractivity contribution in [3.8, 4) is 0 Å². The lowest BCUT2D eigenvalue weighted by atomic mass is 9.40.